The zero-order chi connectivity index (χ0) is 11.4. The van der Waals surface area contributed by atoms with E-state index in [9.17, 15) is 4.79 Å². The molecular weight excluding hydrogens is 242 g/mol. The van der Waals surface area contributed by atoms with Crippen LogP contribution in [0.3, 0.4) is 0 Å². The van der Waals surface area contributed by atoms with Gasteiger partial charge in [-0.1, -0.05) is 0 Å². The molecular formula is C11H13NO2S2. The van der Waals surface area contributed by atoms with Crippen molar-refractivity contribution in [2.24, 2.45) is 4.99 Å². The van der Waals surface area contributed by atoms with E-state index >= 15 is 0 Å². The summed E-state index contributed by atoms with van der Waals surface area (Å²) in [6.07, 6.45) is 3.56. The number of allylic oxidation sites excluding steroid dienone is 1. The molecule has 16 heavy (non-hydrogen) atoms. The Kier molecular flexibility index (Phi) is 4.12. The summed E-state index contributed by atoms with van der Waals surface area (Å²) in [4.78, 5) is 18.2. The third-order valence-electron chi connectivity index (χ3n) is 2.19. The first-order valence-electron chi connectivity index (χ1n) is 5.16. The third-order valence-corrected chi connectivity index (χ3v) is 4.57. The fraction of sp³-hybridized carbons (Fsp3) is 0.455. The zero-order valence-corrected chi connectivity index (χ0v) is 10.7. The molecule has 0 aromatic heterocycles. The van der Waals surface area contributed by atoms with Gasteiger partial charge in [-0.25, -0.2) is 4.79 Å². The van der Waals surface area contributed by atoms with Crippen molar-refractivity contribution in [3.05, 3.63) is 21.5 Å². The van der Waals surface area contributed by atoms with E-state index in [4.69, 9.17) is 4.74 Å². The SMILES string of the molecule is CCOC(=O)C=C1CSC2=C1SCC=NC2. The molecule has 0 saturated heterocycles. The minimum atomic E-state index is -0.238. The molecule has 2 rings (SSSR count). The van der Waals surface area contributed by atoms with Crippen LogP contribution in [0.1, 0.15) is 6.92 Å². The van der Waals surface area contributed by atoms with Gasteiger partial charge in [0.2, 0.25) is 0 Å². The second-order valence-corrected chi connectivity index (χ2v) is 5.40. The quantitative estimate of drug-likeness (QED) is 0.560. The maximum absolute atomic E-state index is 11.4. The first-order valence-corrected chi connectivity index (χ1v) is 7.13. The van der Waals surface area contributed by atoms with Crippen LogP contribution in [0.5, 0.6) is 0 Å². The summed E-state index contributed by atoms with van der Waals surface area (Å²) in [6.45, 7) is 3.00. The van der Waals surface area contributed by atoms with Gasteiger partial charge in [-0.3, -0.25) is 4.99 Å². The number of hydrogen-bond donors (Lipinski definition) is 0. The molecule has 3 nitrogen and oxygen atoms in total. The fourth-order valence-corrected chi connectivity index (χ4v) is 3.84. The smallest absolute Gasteiger partial charge is 0.331 e. The normalized spacial score (nSPS) is 22.2. The van der Waals surface area contributed by atoms with Gasteiger partial charge in [0, 0.05) is 33.6 Å². The van der Waals surface area contributed by atoms with E-state index in [2.05, 4.69) is 4.99 Å². The average Bonchev–Trinajstić information content (AvgIpc) is 2.51. The van der Waals surface area contributed by atoms with Gasteiger partial charge in [0.05, 0.1) is 13.2 Å². The van der Waals surface area contributed by atoms with Gasteiger partial charge in [0.1, 0.15) is 0 Å². The Bertz CT molecular complexity index is 385. The van der Waals surface area contributed by atoms with Gasteiger partial charge in [-0.2, -0.15) is 0 Å². The van der Waals surface area contributed by atoms with Gasteiger partial charge in [-0.05, 0) is 12.5 Å². The molecule has 0 radical (unpaired) electrons. The monoisotopic (exact) mass is 255 g/mol. The molecule has 0 saturated carbocycles. The first kappa shape index (κ1) is 11.8. The van der Waals surface area contributed by atoms with Crippen LogP contribution in [-0.2, 0) is 9.53 Å². The predicted molar refractivity (Wildman–Crippen MR) is 70.0 cm³/mol. The third kappa shape index (κ3) is 2.71. The van der Waals surface area contributed by atoms with Crippen LogP contribution in [-0.4, -0.2) is 36.8 Å². The van der Waals surface area contributed by atoms with Crippen LogP contribution in [0.2, 0.25) is 0 Å². The number of carbonyl (C=O) groups excluding carboxylic acids is 1. The van der Waals surface area contributed by atoms with E-state index in [-0.39, 0.29) is 5.97 Å². The van der Waals surface area contributed by atoms with Crippen LogP contribution in [0.4, 0.5) is 0 Å². The fourth-order valence-electron chi connectivity index (χ4n) is 1.52. The van der Waals surface area contributed by atoms with Gasteiger partial charge in [0.25, 0.3) is 0 Å². The number of rotatable bonds is 2. The van der Waals surface area contributed by atoms with Crippen molar-refractivity contribution in [1.82, 2.24) is 0 Å². The molecule has 0 bridgehead atoms. The van der Waals surface area contributed by atoms with Gasteiger partial charge in [-0.15, -0.1) is 23.5 Å². The molecule has 0 spiro atoms. The molecule has 0 fully saturated rings. The summed E-state index contributed by atoms with van der Waals surface area (Å²) in [5.74, 6) is 1.52. The summed E-state index contributed by atoms with van der Waals surface area (Å²) in [6, 6.07) is 0. The lowest BCUT2D eigenvalue weighted by Gasteiger charge is -2.03. The Morgan fingerprint density at radius 2 is 2.50 bits per heavy atom. The summed E-state index contributed by atoms with van der Waals surface area (Å²) in [5, 5.41) is 0. The highest BCUT2D eigenvalue weighted by molar-refractivity contribution is 8.08. The van der Waals surface area contributed by atoms with E-state index in [0.717, 1.165) is 23.6 Å². The molecule has 5 heteroatoms. The van der Waals surface area contributed by atoms with E-state index < -0.39 is 0 Å². The van der Waals surface area contributed by atoms with Crippen molar-refractivity contribution in [3.8, 4) is 0 Å². The topological polar surface area (TPSA) is 38.7 Å². The van der Waals surface area contributed by atoms with Crippen molar-refractivity contribution in [1.29, 1.82) is 0 Å². The Hall–Kier alpha value is -0.680. The lowest BCUT2D eigenvalue weighted by molar-refractivity contribution is -0.137. The highest BCUT2D eigenvalue weighted by atomic mass is 32.2. The van der Waals surface area contributed by atoms with Crippen molar-refractivity contribution in [3.63, 3.8) is 0 Å². The van der Waals surface area contributed by atoms with Crippen LogP contribution in [0, 0.1) is 0 Å². The zero-order valence-electron chi connectivity index (χ0n) is 9.06. The molecule has 0 aromatic rings. The van der Waals surface area contributed by atoms with Crippen LogP contribution in [0.15, 0.2) is 26.5 Å². The average molecular weight is 255 g/mol. The van der Waals surface area contributed by atoms with E-state index in [1.165, 1.54) is 9.81 Å². The number of aliphatic imine (C=N–C) groups is 1. The number of nitrogens with zero attached hydrogens (tertiary/aromatic N) is 1. The van der Waals surface area contributed by atoms with Gasteiger partial charge in [0.15, 0.2) is 0 Å². The first-order chi connectivity index (χ1) is 7.81. The van der Waals surface area contributed by atoms with E-state index in [1.54, 1.807) is 29.6 Å². The predicted octanol–water partition coefficient (Wildman–Crippen LogP) is 2.25. The maximum atomic E-state index is 11.4. The summed E-state index contributed by atoms with van der Waals surface area (Å²) in [7, 11) is 0. The van der Waals surface area contributed by atoms with E-state index in [0.29, 0.717) is 6.61 Å². The number of esters is 1. The molecule has 0 unspecified atom stereocenters. The Morgan fingerprint density at radius 3 is 3.31 bits per heavy atom. The number of thioether (sulfide) groups is 2. The molecule has 0 atom stereocenters. The molecule has 2 aliphatic rings. The Morgan fingerprint density at radius 1 is 1.62 bits per heavy atom. The van der Waals surface area contributed by atoms with Crippen LogP contribution < -0.4 is 0 Å². The minimum Gasteiger partial charge on any atom is -0.463 e. The molecule has 0 N–H and O–H groups in total. The largest absolute Gasteiger partial charge is 0.463 e. The lowest BCUT2D eigenvalue weighted by Crippen LogP contribution is -2.01. The summed E-state index contributed by atoms with van der Waals surface area (Å²) in [5.41, 5.74) is 1.09. The van der Waals surface area contributed by atoms with Crippen molar-refractivity contribution in [2.75, 3.05) is 24.7 Å². The number of carbonyl (C=O) groups is 1. The highest BCUT2D eigenvalue weighted by Gasteiger charge is 2.22. The van der Waals surface area contributed by atoms with Crippen LogP contribution in [0.25, 0.3) is 0 Å². The summed E-state index contributed by atoms with van der Waals surface area (Å²) < 4.78 is 4.93. The van der Waals surface area contributed by atoms with Crippen molar-refractivity contribution in [2.45, 2.75) is 6.92 Å². The molecule has 2 heterocycles. The second-order valence-electron chi connectivity index (χ2n) is 3.30. The molecule has 2 aliphatic heterocycles. The molecule has 0 aliphatic carbocycles. The van der Waals surface area contributed by atoms with Gasteiger partial charge >= 0.3 is 5.97 Å². The molecule has 86 valence electrons. The van der Waals surface area contributed by atoms with Crippen molar-refractivity contribution >= 4 is 35.7 Å². The maximum Gasteiger partial charge on any atom is 0.331 e. The Balaban J connectivity index is 2.13. The number of hydrogen-bond acceptors (Lipinski definition) is 5. The van der Waals surface area contributed by atoms with Crippen LogP contribution >= 0.6 is 23.5 Å². The van der Waals surface area contributed by atoms with E-state index in [1.807, 2.05) is 13.1 Å². The standard InChI is InChI=1S/C11H13NO2S2/c1-2-14-10(13)5-8-7-16-9-6-12-3-4-15-11(8)9/h3,5H,2,4,6-7H2,1H3. The molecule has 0 amide bonds. The summed E-state index contributed by atoms with van der Waals surface area (Å²) >= 11 is 3.53. The highest BCUT2D eigenvalue weighted by Crippen LogP contribution is 2.42. The lowest BCUT2D eigenvalue weighted by atomic mass is 10.2. The Labute approximate surface area is 103 Å². The number of ether oxygens (including phenoxy) is 1. The molecule has 0 aromatic carbocycles. The minimum absolute atomic E-state index is 0.238. The van der Waals surface area contributed by atoms with Crippen molar-refractivity contribution < 1.29 is 9.53 Å². The second kappa shape index (κ2) is 5.59. The van der Waals surface area contributed by atoms with Gasteiger partial charge < -0.3 is 4.74 Å².